The number of unbranched alkanes of at least 4 members (excludes halogenated alkanes) is 16. The van der Waals surface area contributed by atoms with Crippen molar-refractivity contribution >= 4 is 11.9 Å². The maximum Gasteiger partial charge on any atom is 0.306 e. The van der Waals surface area contributed by atoms with Gasteiger partial charge in [-0.2, -0.15) is 0 Å². The molecule has 0 aliphatic carbocycles. The largest absolute Gasteiger partial charge is 0.462 e. The molecule has 0 aromatic carbocycles. The number of hydrogen-bond acceptors (Lipinski definition) is 5. The molecule has 1 amide bonds. The third-order valence-electron chi connectivity index (χ3n) is 10.2. The summed E-state index contributed by atoms with van der Waals surface area (Å²) in [6.45, 7) is 6.26. The van der Waals surface area contributed by atoms with E-state index in [1.165, 1.54) is 70.6 Å². The van der Waals surface area contributed by atoms with E-state index in [1.807, 2.05) is 30.4 Å². The molecule has 0 saturated heterocycles. The Morgan fingerprint density at radius 2 is 0.983 bits per heavy atom. The van der Waals surface area contributed by atoms with Gasteiger partial charge in [-0.15, -0.1) is 0 Å². The van der Waals surface area contributed by atoms with Gasteiger partial charge in [-0.05, 0) is 83.5 Å². The third-order valence-corrected chi connectivity index (χ3v) is 10.2. The van der Waals surface area contributed by atoms with Crippen molar-refractivity contribution in [2.45, 2.75) is 219 Å². The number of carbonyl (C=O) groups is 2. The predicted octanol–water partition coefficient (Wildman–Crippen LogP) is 14.2. The van der Waals surface area contributed by atoms with Crippen LogP contribution in [0.3, 0.4) is 0 Å². The Kier molecular flexibility index (Phi) is 43.4. The molecule has 3 N–H and O–H groups in total. The minimum absolute atomic E-state index is 0.0239. The summed E-state index contributed by atoms with van der Waals surface area (Å²) in [5.74, 6) is -0.591. The summed E-state index contributed by atoms with van der Waals surface area (Å²) in [5.41, 5.74) is 0. The third kappa shape index (κ3) is 41.3. The van der Waals surface area contributed by atoms with Crippen LogP contribution in [0.25, 0.3) is 0 Å². The molecule has 3 atom stereocenters. The maximum atomic E-state index is 13.1. The molecular formula is C53H89NO5. The second-order valence-electron chi connectivity index (χ2n) is 15.9. The summed E-state index contributed by atoms with van der Waals surface area (Å²) in [5, 5.41) is 23.6. The van der Waals surface area contributed by atoms with Crippen molar-refractivity contribution in [1.82, 2.24) is 5.32 Å². The average molecular weight is 820 g/mol. The molecule has 0 aliphatic rings. The number of rotatable bonds is 41. The van der Waals surface area contributed by atoms with Crippen molar-refractivity contribution in [2.24, 2.45) is 0 Å². The van der Waals surface area contributed by atoms with Gasteiger partial charge in [0.15, 0.2) is 0 Å². The van der Waals surface area contributed by atoms with Gasteiger partial charge in [-0.25, -0.2) is 0 Å². The predicted molar refractivity (Wildman–Crippen MR) is 254 cm³/mol. The van der Waals surface area contributed by atoms with Crippen LogP contribution in [-0.2, 0) is 14.3 Å². The van der Waals surface area contributed by atoms with Crippen LogP contribution in [0.5, 0.6) is 0 Å². The first-order chi connectivity index (χ1) is 29.0. The molecule has 0 fully saturated rings. The van der Waals surface area contributed by atoms with Crippen molar-refractivity contribution < 1.29 is 24.5 Å². The van der Waals surface area contributed by atoms with E-state index in [0.29, 0.717) is 25.7 Å². The van der Waals surface area contributed by atoms with Crippen molar-refractivity contribution in [2.75, 3.05) is 6.61 Å². The summed E-state index contributed by atoms with van der Waals surface area (Å²) < 4.78 is 5.87. The van der Waals surface area contributed by atoms with Gasteiger partial charge in [-0.1, -0.05) is 201 Å². The molecule has 0 spiro atoms. The van der Waals surface area contributed by atoms with Crippen LogP contribution < -0.4 is 5.32 Å². The molecule has 0 bridgehead atoms. The van der Waals surface area contributed by atoms with E-state index in [1.54, 1.807) is 0 Å². The lowest BCUT2D eigenvalue weighted by Gasteiger charge is -2.24. The molecular weight excluding hydrogens is 731 g/mol. The van der Waals surface area contributed by atoms with E-state index in [-0.39, 0.29) is 24.9 Å². The Morgan fingerprint density at radius 1 is 0.525 bits per heavy atom. The SMILES string of the molecule is CC/C=C/C=C/C=C/C=C\CCCCCC(CC(=O)NC(CO)C(O)CCCCCCCCCCCC)OC(=O)CCC/C=C\C/C=C\C/C=C\C/C=C\CCCCC. The first kappa shape index (κ1) is 55.8. The highest BCUT2D eigenvalue weighted by molar-refractivity contribution is 5.77. The second kappa shape index (κ2) is 45.9. The van der Waals surface area contributed by atoms with E-state index in [2.05, 4.69) is 92.9 Å². The fourth-order valence-electron chi connectivity index (χ4n) is 6.61. The van der Waals surface area contributed by atoms with Crippen LogP contribution in [-0.4, -0.2) is 46.9 Å². The summed E-state index contributed by atoms with van der Waals surface area (Å²) in [6.07, 6.45) is 60.4. The summed E-state index contributed by atoms with van der Waals surface area (Å²) in [7, 11) is 0. The van der Waals surface area contributed by atoms with Gasteiger partial charge >= 0.3 is 5.97 Å². The minimum atomic E-state index is -0.812. The number of nitrogens with one attached hydrogen (secondary N) is 1. The van der Waals surface area contributed by atoms with Crippen LogP contribution in [0.1, 0.15) is 201 Å². The van der Waals surface area contributed by atoms with Crippen LogP contribution >= 0.6 is 0 Å². The van der Waals surface area contributed by atoms with Gasteiger partial charge in [0.1, 0.15) is 6.10 Å². The molecule has 59 heavy (non-hydrogen) atoms. The Morgan fingerprint density at radius 3 is 1.58 bits per heavy atom. The topological polar surface area (TPSA) is 95.9 Å². The highest BCUT2D eigenvalue weighted by Crippen LogP contribution is 2.16. The molecule has 0 heterocycles. The van der Waals surface area contributed by atoms with Gasteiger partial charge in [0.25, 0.3) is 0 Å². The van der Waals surface area contributed by atoms with E-state index in [0.717, 1.165) is 77.0 Å². The Labute approximate surface area is 363 Å². The zero-order chi connectivity index (χ0) is 43.1. The van der Waals surface area contributed by atoms with Gasteiger partial charge in [-0.3, -0.25) is 9.59 Å². The number of carbonyl (C=O) groups excluding carboxylic acids is 2. The van der Waals surface area contributed by atoms with Crippen molar-refractivity contribution in [3.63, 3.8) is 0 Å². The summed E-state index contributed by atoms with van der Waals surface area (Å²) in [6, 6.07) is -0.730. The number of hydrogen-bond donors (Lipinski definition) is 3. The van der Waals surface area contributed by atoms with Crippen LogP contribution in [0.2, 0.25) is 0 Å². The highest BCUT2D eigenvalue weighted by Gasteiger charge is 2.24. The lowest BCUT2D eigenvalue weighted by atomic mass is 10.0. The fraction of sp³-hybridized carbons (Fsp3) is 0.660. The van der Waals surface area contributed by atoms with Gasteiger partial charge in [0.2, 0.25) is 5.91 Å². The molecule has 0 saturated carbocycles. The highest BCUT2D eigenvalue weighted by atomic mass is 16.5. The summed E-state index contributed by atoms with van der Waals surface area (Å²) >= 11 is 0. The normalized spacial score (nSPS) is 14.2. The molecule has 336 valence electrons. The van der Waals surface area contributed by atoms with E-state index in [9.17, 15) is 19.8 Å². The minimum Gasteiger partial charge on any atom is -0.462 e. The number of aliphatic hydroxyl groups excluding tert-OH is 2. The monoisotopic (exact) mass is 820 g/mol. The van der Waals surface area contributed by atoms with Gasteiger partial charge < -0.3 is 20.3 Å². The molecule has 6 nitrogen and oxygen atoms in total. The number of ether oxygens (including phenoxy) is 1. The molecule has 0 aromatic rings. The maximum absolute atomic E-state index is 13.1. The number of aliphatic hydroxyl groups is 2. The van der Waals surface area contributed by atoms with Crippen molar-refractivity contribution in [3.05, 3.63) is 97.2 Å². The Bertz CT molecular complexity index is 1190. The van der Waals surface area contributed by atoms with Crippen LogP contribution in [0.15, 0.2) is 97.2 Å². The number of amides is 1. The lowest BCUT2D eigenvalue weighted by molar-refractivity contribution is -0.151. The molecule has 0 radical (unpaired) electrons. The van der Waals surface area contributed by atoms with Crippen molar-refractivity contribution in [1.29, 1.82) is 0 Å². The van der Waals surface area contributed by atoms with Crippen LogP contribution in [0.4, 0.5) is 0 Å². The smallest absolute Gasteiger partial charge is 0.306 e. The van der Waals surface area contributed by atoms with Crippen molar-refractivity contribution in [3.8, 4) is 0 Å². The zero-order valence-electron chi connectivity index (χ0n) is 38.1. The Balaban J connectivity index is 4.77. The summed E-state index contributed by atoms with van der Waals surface area (Å²) in [4.78, 5) is 26.0. The first-order valence-electron chi connectivity index (χ1n) is 24.0. The lowest BCUT2D eigenvalue weighted by Crippen LogP contribution is -2.46. The quantitative estimate of drug-likeness (QED) is 0.0247. The fourth-order valence-corrected chi connectivity index (χ4v) is 6.61. The molecule has 3 unspecified atom stereocenters. The molecule has 6 heteroatoms. The van der Waals surface area contributed by atoms with E-state index in [4.69, 9.17) is 4.74 Å². The van der Waals surface area contributed by atoms with Crippen LogP contribution in [0, 0.1) is 0 Å². The van der Waals surface area contributed by atoms with Gasteiger partial charge in [0, 0.05) is 6.42 Å². The molecule has 0 rings (SSSR count). The average Bonchev–Trinajstić information content (AvgIpc) is 3.23. The first-order valence-corrected chi connectivity index (χ1v) is 24.0. The Hall–Kier alpha value is -3.22. The van der Waals surface area contributed by atoms with Gasteiger partial charge in [0.05, 0.1) is 25.2 Å². The standard InChI is InChI=1S/C53H89NO5/c1-4-7-10-13-16-19-22-24-25-26-27-29-31-34-37-40-43-46-53(58)59-49(44-41-38-35-32-30-28-23-20-17-14-11-8-5-2)47-52(57)54-50(48-55)51(56)45-42-39-36-33-21-18-15-12-9-6-3/h8,11,14,16-17,19-20,23-25,27-30,34,37,49-51,55-56H,4-7,9-10,12-13,15,18,21-22,26,31-33,35-36,38-48H2,1-3H3,(H,54,57)/b11-8+,17-14+,19-16-,23-20+,25-24-,29-27-,30-28-,37-34-. The number of allylic oxidation sites excluding steroid dienone is 16. The number of esters is 1. The second-order valence-corrected chi connectivity index (χ2v) is 15.9. The molecule has 0 aromatic heterocycles. The van der Waals surface area contributed by atoms with E-state index < -0.39 is 18.2 Å². The molecule has 0 aliphatic heterocycles. The zero-order valence-corrected chi connectivity index (χ0v) is 38.1. The van der Waals surface area contributed by atoms with E-state index >= 15 is 0 Å².